The fourth-order valence-electron chi connectivity index (χ4n) is 3.26. The Balaban J connectivity index is 1.44. The second kappa shape index (κ2) is 6.57. The minimum atomic E-state index is -4.41. The van der Waals surface area contributed by atoms with Gasteiger partial charge in [0.1, 0.15) is 0 Å². The summed E-state index contributed by atoms with van der Waals surface area (Å²) in [5.74, 6) is -1.10. The van der Waals surface area contributed by atoms with E-state index in [-0.39, 0.29) is 11.5 Å². The van der Waals surface area contributed by atoms with Gasteiger partial charge in [0.15, 0.2) is 0 Å². The van der Waals surface area contributed by atoms with Gasteiger partial charge in [0.25, 0.3) is 0 Å². The van der Waals surface area contributed by atoms with Gasteiger partial charge in [0.05, 0.1) is 11.3 Å². The molecule has 1 heterocycles. The van der Waals surface area contributed by atoms with E-state index in [1.807, 2.05) is 18.2 Å². The van der Waals surface area contributed by atoms with Gasteiger partial charge >= 0.3 is 6.18 Å². The van der Waals surface area contributed by atoms with Gasteiger partial charge in [0, 0.05) is 24.0 Å². The molecule has 0 aliphatic heterocycles. The number of anilines is 1. The molecule has 1 saturated carbocycles. The Kier molecular flexibility index (Phi) is 4.22. The zero-order chi connectivity index (χ0) is 19.0. The van der Waals surface area contributed by atoms with Crippen molar-refractivity contribution in [2.24, 2.45) is 5.92 Å². The molecule has 7 heteroatoms. The first-order valence-corrected chi connectivity index (χ1v) is 8.50. The van der Waals surface area contributed by atoms with Crippen molar-refractivity contribution in [1.82, 2.24) is 9.78 Å². The zero-order valence-electron chi connectivity index (χ0n) is 14.1. The third-order valence-electron chi connectivity index (χ3n) is 4.70. The minimum absolute atomic E-state index is 0.194. The molecule has 1 aliphatic rings. The van der Waals surface area contributed by atoms with Crippen LogP contribution in [0.3, 0.4) is 0 Å². The Hall–Kier alpha value is -3.09. The predicted octanol–water partition coefficient (Wildman–Crippen LogP) is 4.63. The first kappa shape index (κ1) is 17.3. The molecule has 2 atom stereocenters. The van der Waals surface area contributed by atoms with Crippen molar-refractivity contribution in [2.75, 3.05) is 5.32 Å². The standard InChI is InChI=1S/C20H16F3N3O/c21-20(22,23)18-5-2-1-4-15(18)16-12-17(16)19(27)25-13-6-8-14(9-7-13)26-11-3-10-24-26/h1-11,16-17H,12H2,(H,25,27)/t16-,17-/m1/s1. The summed E-state index contributed by atoms with van der Waals surface area (Å²) < 4.78 is 41.2. The number of amides is 1. The Morgan fingerprint density at radius 1 is 1.07 bits per heavy atom. The van der Waals surface area contributed by atoms with Crippen LogP contribution in [0.2, 0.25) is 0 Å². The average Bonchev–Trinajstić information content (AvgIpc) is 3.27. The summed E-state index contributed by atoms with van der Waals surface area (Å²) in [4.78, 5) is 12.4. The maximum atomic E-state index is 13.2. The van der Waals surface area contributed by atoms with Gasteiger partial charge in [-0.2, -0.15) is 18.3 Å². The van der Waals surface area contributed by atoms with Crippen molar-refractivity contribution in [2.45, 2.75) is 18.5 Å². The molecule has 0 spiro atoms. The number of nitrogens with one attached hydrogen (secondary N) is 1. The number of carbonyl (C=O) groups is 1. The Morgan fingerprint density at radius 3 is 2.48 bits per heavy atom. The number of rotatable bonds is 4. The fraction of sp³-hybridized carbons (Fsp3) is 0.200. The third-order valence-corrected chi connectivity index (χ3v) is 4.70. The summed E-state index contributed by atoms with van der Waals surface area (Å²) in [5, 5.41) is 6.91. The summed E-state index contributed by atoms with van der Waals surface area (Å²) in [6, 6.07) is 14.4. The first-order valence-electron chi connectivity index (χ1n) is 8.50. The normalized spacial score (nSPS) is 18.9. The number of benzene rings is 2. The van der Waals surface area contributed by atoms with Crippen molar-refractivity contribution in [3.63, 3.8) is 0 Å². The summed E-state index contributed by atoms with van der Waals surface area (Å²) >= 11 is 0. The average molecular weight is 371 g/mol. The van der Waals surface area contributed by atoms with E-state index < -0.39 is 23.6 Å². The highest BCUT2D eigenvalue weighted by molar-refractivity contribution is 5.95. The highest BCUT2D eigenvalue weighted by Gasteiger charge is 2.47. The van der Waals surface area contributed by atoms with Crippen LogP contribution in [-0.2, 0) is 11.0 Å². The topological polar surface area (TPSA) is 46.9 Å². The van der Waals surface area contributed by atoms with Crippen LogP contribution in [0.25, 0.3) is 5.69 Å². The van der Waals surface area contributed by atoms with Gasteiger partial charge in [-0.25, -0.2) is 4.68 Å². The number of alkyl halides is 3. The lowest BCUT2D eigenvalue weighted by atomic mass is 10.0. The molecule has 1 N–H and O–H groups in total. The molecule has 27 heavy (non-hydrogen) atoms. The number of aromatic nitrogens is 2. The van der Waals surface area contributed by atoms with Crippen molar-refractivity contribution in [3.8, 4) is 5.69 Å². The fourth-order valence-corrected chi connectivity index (χ4v) is 3.26. The number of nitrogens with zero attached hydrogens (tertiary/aromatic N) is 2. The quantitative estimate of drug-likeness (QED) is 0.727. The van der Waals surface area contributed by atoms with Gasteiger partial charge in [-0.05, 0) is 54.3 Å². The van der Waals surface area contributed by atoms with Crippen molar-refractivity contribution in [3.05, 3.63) is 78.1 Å². The van der Waals surface area contributed by atoms with Gasteiger partial charge in [-0.15, -0.1) is 0 Å². The van der Waals surface area contributed by atoms with Crippen molar-refractivity contribution >= 4 is 11.6 Å². The summed E-state index contributed by atoms with van der Waals surface area (Å²) in [7, 11) is 0. The zero-order valence-corrected chi connectivity index (χ0v) is 14.1. The third kappa shape index (κ3) is 3.58. The van der Waals surface area contributed by atoms with Crippen molar-refractivity contribution in [1.29, 1.82) is 0 Å². The second-order valence-electron chi connectivity index (χ2n) is 6.52. The summed E-state index contributed by atoms with van der Waals surface area (Å²) in [5.41, 5.74) is 0.986. The van der Waals surface area contributed by atoms with Crippen molar-refractivity contribution < 1.29 is 18.0 Å². The largest absolute Gasteiger partial charge is 0.416 e. The van der Waals surface area contributed by atoms with Gasteiger partial charge in [-0.1, -0.05) is 18.2 Å². The molecule has 1 aromatic heterocycles. The molecule has 0 saturated heterocycles. The van der Waals surface area contributed by atoms with E-state index in [0.29, 0.717) is 12.1 Å². The SMILES string of the molecule is O=C(Nc1ccc(-n2cccn2)cc1)[C@@H]1C[C@@H]1c1ccccc1C(F)(F)F. The molecule has 138 valence electrons. The van der Waals surface area contributed by atoms with Crippen LogP contribution in [0.1, 0.15) is 23.5 Å². The molecule has 1 amide bonds. The summed E-state index contributed by atoms with van der Waals surface area (Å²) in [6.07, 6.45) is -0.519. The monoisotopic (exact) mass is 371 g/mol. The van der Waals surface area contributed by atoms with E-state index in [4.69, 9.17) is 0 Å². The lowest BCUT2D eigenvalue weighted by Crippen LogP contribution is -2.15. The van der Waals surface area contributed by atoms with Gasteiger partial charge in [-0.3, -0.25) is 4.79 Å². The number of hydrogen-bond acceptors (Lipinski definition) is 2. The van der Waals surface area contributed by atoms with Crippen LogP contribution in [0.5, 0.6) is 0 Å². The Bertz CT molecular complexity index is 949. The van der Waals surface area contributed by atoms with Crippen LogP contribution < -0.4 is 5.32 Å². The smallest absolute Gasteiger partial charge is 0.326 e. The Labute approximate surface area is 153 Å². The van der Waals surface area contributed by atoms with Crippen LogP contribution in [0, 0.1) is 5.92 Å². The molecule has 0 unspecified atom stereocenters. The summed E-state index contributed by atoms with van der Waals surface area (Å²) in [6.45, 7) is 0. The van der Waals surface area contributed by atoms with Gasteiger partial charge in [0.2, 0.25) is 5.91 Å². The lowest BCUT2D eigenvalue weighted by Gasteiger charge is -2.12. The van der Waals surface area contributed by atoms with E-state index in [1.165, 1.54) is 12.1 Å². The highest BCUT2D eigenvalue weighted by atomic mass is 19.4. The molecule has 1 fully saturated rings. The van der Waals surface area contributed by atoms with E-state index >= 15 is 0 Å². The van der Waals surface area contributed by atoms with Crippen LogP contribution in [0.4, 0.5) is 18.9 Å². The number of carbonyl (C=O) groups excluding carboxylic acids is 1. The molecule has 4 rings (SSSR count). The van der Waals surface area contributed by atoms with Crippen LogP contribution in [0.15, 0.2) is 67.0 Å². The molecule has 3 aromatic rings. The highest BCUT2D eigenvalue weighted by Crippen LogP contribution is 2.51. The first-order chi connectivity index (χ1) is 12.9. The molecular formula is C20H16F3N3O. The minimum Gasteiger partial charge on any atom is -0.326 e. The molecule has 2 aromatic carbocycles. The maximum Gasteiger partial charge on any atom is 0.416 e. The van der Waals surface area contributed by atoms with Crippen LogP contribution in [-0.4, -0.2) is 15.7 Å². The molecule has 4 nitrogen and oxygen atoms in total. The second-order valence-corrected chi connectivity index (χ2v) is 6.52. The molecule has 0 radical (unpaired) electrons. The lowest BCUT2D eigenvalue weighted by molar-refractivity contribution is -0.138. The molecule has 0 bridgehead atoms. The van der Waals surface area contributed by atoms with E-state index in [2.05, 4.69) is 10.4 Å². The van der Waals surface area contributed by atoms with E-state index in [1.54, 1.807) is 35.3 Å². The number of hydrogen-bond donors (Lipinski definition) is 1. The maximum absolute atomic E-state index is 13.2. The van der Waals surface area contributed by atoms with E-state index in [9.17, 15) is 18.0 Å². The Morgan fingerprint density at radius 2 is 1.81 bits per heavy atom. The van der Waals surface area contributed by atoms with Gasteiger partial charge < -0.3 is 5.32 Å². The number of halogens is 3. The molecule has 1 aliphatic carbocycles. The molecular weight excluding hydrogens is 355 g/mol. The van der Waals surface area contributed by atoms with E-state index in [0.717, 1.165) is 11.8 Å². The van der Waals surface area contributed by atoms with Crippen LogP contribution >= 0.6 is 0 Å². The predicted molar refractivity (Wildman–Crippen MR) is 94.5 cm³/mol.